The Hall–Kier alpha value is -1.79. The third-order valence-electron chi connectivity index (χ3n) is 3.95. The zero-order chi connectivity index (χ0) is 15.4. The molecule has 118 valence electrons. The van der Waals surface area contributed by atoms with E-state index in [0.717, 1.165) is 31.6 Å². The fraction of sp³-hybridized carbons (Fsp3) is 0.786. The minimum Gasteiger partial charge on any atom is -0.338 e. The molecule has 1 N–H and O–H groups in total. The minimum absolute atomic E-state index is 0.0112. The highest BCUT2D eigenvalue weighted by molar-refractivity contribution is 5.74. The largest absolute Gasteiger partial charge is 0.345 e. The van der Waals surface area contributed by atoms with Crippen LogP contribution in [0.4, 0.5) is 4.79 Å². The highest BCUT2D eigenvalue weighted by Gasteiger charge is 2.28. The molecule has 7 nitrogen and oxygen atoms in total. The van der Waals surface area contributed by atoms with E-state index in [1.807, 2.05) is 18.7 Å². The molecular formula is C14H25N5O2. The lowest BCUT2D eigenvalue weighted by Crippen LogP contribution is -2.45. The average Bonchev–Trinajstić information content (AvgIpc) is 2.80. The zero-order valence-corrected chi connectivity index (χ0v) is 13.1. The van der Waals surface area contributed by atoms with E-state index in [2.05, 4.69) is 10.4 Å². The molecule has 0 radical (unpaired) electrons. The first-order valence-electron chi connectivity index (χ1n) is 7.75. The summed E-state index contributed by atoms with van der Waals surface area (Å²) in [5.41, 5.74) is -0.0833. The van der Waals surface area contributed by atoms with Gasteiger partial charge in [-0.1, -0.05) is 6.92 Å². The number of piperidine rings is 1. The van der Waals surface area contributed by atoms with Crippen LogP contribution >= 0.6 is 0 Å². The topological polar surface area (TPSA) is 72.2 Å². The molecule has 0 bridgehead atoms. The second kappa shape index (κ2) is 6.78. The van der Waals surface area contributed by atoms with Gasteiger partial charge in [0.25, 0.3) is 0 Å². The molecule has 2 amide bonds. The molecule has 1 unspecified atom stereocenters. The van der Waals surface area contributed by atoms with Crippen molar-refractivity contribution in [3.63, 3.8) is 0 Å². The molecule has 1 aromatic rings. The molecular weight excluding hydrogens is 270 g/mol. The number of urea groups is 1. The monoisotopic (exact) mass is 295 g/mol. The van der Waals surface area contributed by atoms with Crippen molar-refractivity contribution in [2.75, 3.05) is 19.6 Å². The van der Waals surface area contributed by atoms with Crippen molar-refractivity contribution in [1.82, 2.24) is 24.6 Å². The summed E-state index contributed by atoms with van der Waals surface area (Å²) in [7, 11) is 1.67. The SMILES string of the molecule is CCCNC(=O)N1CCCC(c2nn(C)c(=O)n2CC)C1. The van der Waals surface area contributed by atoms with Gasteiger partial charge >= 0.3 is 11.7 Å². The molecule has 7 heteroatoms. The molecule has 0 saturated carbocycles. The van der Waals surface area contributed by atoms with Gasteiger partial charge in [0, 0.05) is 39.1 Å². The number of aromatic nitrogens is 3. The summed E-state index contributed by atoms with van der Waals surface area (Å²) < 4.78 is 3.09. The standard InChI is InChI=1S/C14H25N5O2/c1-4-8-15-13(20)18-9-6-7-11(10-18)12-16-17(3)14(21)19(12)5-2/h11H,4-10H2,1-3H3,(H,15,20). The Kier molecular flexibility index (Phi) is 5.03. The molecule has 0 aromatic carbocycles. The molecule has 21 heavy (non-hydrogen) atoms. The zero-order valence-electron chi connectivity index (χ0n) is 13.1. The van der Waals surface area contributed by atoms with Gasteiger partial charge < -0.3 is 10.2 Å². The summed E-state index contributed by atoms with van der Waals surface area (Å²) in [6.07, 6.45) is 2.84. The van der Waals surface area contributed by atoms with Crippen LogP contribution in [0.5, 0.6) is 0 Å². The first-order chi connectivity index (χ1) is 10.1. The minimum atomic E-state index is -0.0833. The van der Waals surface area contributed by atoms with Gasteiger partial charge in [0.2, 0.25) is 0 Å². The quantitative estimate of drug-likeness (QED) is 0.897. The van der Waals surface area contributed by atoms with Gasteiger partial charge in [-0.15, -0.1) is 0 Å². The van der Waals surface area contributed by atoms with E-state index in [4.69, 9.17) is 0 Å². The van der Waals surface area contributed by atoms with Crippen LogP contribution in [-0.4, -0.2) is 44.9 Å². The van der Waals surface area contributed by atoms with Crippen LogP contribution in [0, 0.1) is 0 Å². The Bertz CT molecular complexity index is 548. The fourth-order valence-electron chi connectivity index (χ4n) is 2.84. The summed E-state index contributed by atoms with van der Waals surface area (Å²) in [5.74, 6) is 0.943. The molecule has 1 aromatic heterocycles. The summed E-state index contributed by atoms with van der Waals surface area (Å²) >= 11 is 0. The Labute approximate surface area is 124 Å². The highest BCUT2D eigenvalue weighted by Crippen LogP contribution is 2.25. The van der Waals surface area contributed by atoms with Crippen molar-refractivity contribution in [3.8, 4) is 0 Å². The maximum Gasteiger partial charge on any atom is 0.345 e. The van der Waals surface area contributed by atoms with Crippen LogP contribution in [0.2, 0.25) is 0 Å². The second-order valence-corrected chi connectivity index (χ2v) is 5.53. The summed E-state index contributed by atoms with van der Waals surface area (Å²) in [5, 5.41) is 7.28. The normalized spacial score (nSPS) is 18.8. The van der Waals surface area contributed by atoms with Gasteiger partial charge in [0.05, 0.1) is 0 Å². The Morgan fingerprint density at radius 3 is 2.86 bits per heavy atom. The maximum atomic E-state index is 12.1. The van der Waals surface area contributed by atoms with E-state index in [1.54, 1.807) is 11.6 Å². The summed E-state index contributed by atoms with van der Waals surface area (Å²) in [4.78, 5) is 25.9. The molecule has 1 fully saturated rings. The van der Waals surface area contributed by atoms with Crippen molar-refractivity contribution < 1.29 is 4.79 Å². The number of likely N-dealkylation sites (tertiary alicyclic amines) is 1. The van der Waals surface area contributed by atoms with Crippen LogP contribution in [-0.2, 0) is 13.6 Å². The Balaban J connectivity index is 2.12. The van der Waals surface area contributed by atoms with E-state index in [0.29, 0.717) is 19.6 Å². The number of carbonyl (C=O) groups is 1. The molecule has 2 heterocycles. The van der Waals surface area contributed by atoms with Gasteiger partial charge in [-0.2, -0.15) is 5.10 Å². The van der Waals surface area contributed by atoms with Crippen molar-refractivity contribution in [2.24, 2.45) is 7.05 Å². The molecule has 0 aliphatic carbocycles. The number of hydrogen-bond donors (Lipinski definition) is 1. The lowest BCUT2D eigenvalue weighted by atomic mass is 9.97. The van der Waals surface area contributed by atoms with E-state index >= 15 is 0 Å². The lowest BCUT2D eigenvalue weighted by molar-refractivity contribution is 0.177. The van der Waals surface area contributed by atoms with Gasteiger partial charge in [0.1, 0.15) is 5.82 Å². The number of carbonyl (C=O) groups excluding carboxylic acids is 1. The predicted molar refractivity (Wildman–Crippen MR) is 80.4 cm³/mol. The first-order valence-corrected chi connectivity index (χ1v) is 7.75. The van der Waals surface area contributed by atoms with E-state index < -0.39 is 0 Å². The number of amides is 2. The Morgan fingerprint density at radius 1 is 1.43 bits per heavy atom. The van der Waals surface area contributed by atoms with Crippen molar-refractivity contribution >= 4 is 6.03 Å². The number of nitrogens with one attached hydrogen (secondary N) is 1. The highest BCUT2D eigenvalue weighted by atomic mass is 16.2. The van der Waals surface area contributed by atoms with Gasteiger partial charge in [0.15, 0.2) is 0 Å². The first kappa shape index (κ1) is 15.6. The van der Waals surface area contributed by atoms with Crippen LogP contribution in [0.15, 0.2) is 4.79 Å². The van der Waals surface area contributed by atoms with Crippen molar-refractivity contribution in [3.05, 3.63) is 16.3 Å². The maximum absolute atomic E-state index is 12.1. The van der Waals surface area contributed by atoms with Crippen LogP contribution in [0.3, 0.4) is 0 Å². The molecule has 2 rings (SSSR count). The predicted octanol–water partition coefficient (Wildman–Crippen LogP) is 0.901. The van der Waals surface area contributed by atoms with Crippen molar-refractivity contribution in [2.45, 2.75) is 45.6 Å². The molecule has 1 aliphatic heterocycles. The number of hydrogen-bond acceptors (Lipinski definition) is 3. The third kappa shape index (κ3) is 3.28. The second-order valence-electron chi connectivity index (χ2n) is 5.53. The van der Waals surface area contributed by atoms with Crippen molar-refractivity contribution in [1.29, 1.82) is 0 Å². The number of aryl methyl sites for hydroxylation is 1. The number of nitrogens with zero attached hydrogens (tertiary/aromatic N) is 4. The Morgan fingerprint density at radius 2 is 2.19 bits per heavy atom. The van der Waals surface area contributed by atoms with Crippen LogP contribution < -0.4 is 11.0 Å². The number of rotatable bonds is 4. The van der Waals surface area contributed by atoms with Gasteiger partial charge in [-0.05, 0) is 26.2 Å². The molecule has 1 atom stereocenters. The van der Waals surface area contributed by atoms with E-state index in [9.17, 15) is 9.59 Å². The third-order valence-corrected chi connectivity index (χ3v) is 3.95. The molecule has 0 spiro atoms. The average molecular weight is 295 g/mol. The van der Waals surface area contributed by atoms with Gasteiger partial charge in [-0.3, -0.25) is 4.57 Å². The lowest BCUT2D eigenvalue weighted by Gasteiger charge is -2.32. The van der Waals surface area contributed by atoms with E-state index in [1.165, 1.54) is 4.68 Å². The van der Waals surface area contributed by atoms with Crippen LogP contribution in [0.1, 0.15) is 44.9 Å². The fourth-order valence-corrected chi connectivity index (χ4v) is 2.84. The summed E-state index contributed by atoms with van der Waals surface area (Å²) in [6.45, 7) is 6.69. The smallest absolute Gasteiger partial charge is 0.338 e. The van der Waals surface area contributed by atoms with E-state index in [-0.39, 0.29) is 17.6 Å². The summed E-state index contributed by atoms with van der Waals surface area (Å²) in [6, 6.07) is -0.0112. The molecule has 1 saturated heterocycles. The molecule has 1 aliphatic rings. The van der Waals surface area contributed by atoms with Gasteiger partial charge in [-0.25, -0.2) is 14.3 Å². The van der Waals surface area contributed by atoms with Crippen LogP contribution in [0.25, 0.3) is 0 Å².